The first kappa shape index (κ1) is 23.9. The van der Waals surface area contributed by atoms with Crippen molar-refractivity contribution in [3.8, 4) is 17.1 Å². The number of aryl methyl sites for hydroxylation is 3. The van der Waals surface area contributed by atoms with E-state index in [1.807, 2.05) is 33.8 Å². The Labute approximate surface area is 181 Å². The number of hydrogen-bond acceptors (Lipinski definition) is 4. The van der Waals surface area contributed by atoms with Crippen molar-refractivity contribution < 1.29 is 9.47 Å². The molecule has 3 aromatic rings. The standard InChI is InChI=1S/C23H31N3O2.C2H6/c1-8-19-18(9-10-21(24-19)28-14(2)3)22-15(4)11-20-23(25-22)16(5)12-26(20)17(6)13-27-7;1-2/h9-12,14,17H,8,13H2,1-7H3;1-2H3. The summed E-state index contributed by atoms with van der Waals surface area (Å²) in [6.07, 6.45) is 3.10. The minimum absolute atomic E-state index is 0.107. The molecule has 0 aliphatic carbocycles. The number of ether oxygens (including phenoxy) is 2. The summed E-state index contributed by atoms with van der Waals surface area (Å²) in [5.41, 5.74) is 7.58. The molecule has 5 heteroatoms. The largest absolute Gasteiger partial charge is 0.475 e. The Kier molecular flexibility index (Phi) is 8.42. The van der Waals surface area contributed by atoms with Gasteiger partial charge in [-0.05, 0) is 64.3 Å². The van der Waals surface area contributed by atoms with Crippen molar-refractivity contribution in [1.82, 2.24) is 14.5 Å². The quantitative estimate of drug-likeness (QED) is 0.458. The highest BCUT2D eigenvalue weighted by atomic mass is 16.5. The first-order valence-corrected chi connectivity index (χ1v) is 11.0. The van der Waals surface area contributed by atoms with E-state index in [9.17, 15) is 0 Å². The molecule has 1 unspecified atom stereocenters. The molecule has 0 fully saturated rings. The van der Waals surface area contributed by atoms with Gasteiger partial charge in [-0.2, -0.15) is 0 Å². The van der Waals surface area contributed by atoms with Crippen LogP contribution in [0.1, 0.15) is 64.4 Å². The molecule has 3 rings (SSSR count). The van der Waals surface area contributed by atoms with Crippen molar-refractivity contribution >= 4 is 11.0 Å². The maximum absolute atomic E-state index is 5.77. The molecule has 0 saturated carbocycles. The van der Waals surface area contributed by atoms with E-state index in [1.165, 1.54) is 5.56 Å². The summed E-state index contributed by atoms with van der Waals surface area (Å²) in [5, 5.41) is 0. The van der Waals surface area contributed by atoms with Gasteiger partial charge in [0.1, 0.15) is 0 Å². The summed E-state index contributed by atoms with van der Waals surface area (Å²) in [4.78, 5) is 9.79. The number of rotatable bonds is 7. The van der Waals surface area contributed by atoms with Crippen LogP contribution < -0.4 is 4.74 Å². The SMILES string of the molecule is CC.CCc1nc(OC(C)C)ccc1-c1nc2c(C)cn(C(C)COC)c2cc1C. The van der Waals surface area contributed by atoms with Crippen LogP contribution in [-0.4, -0.2) is 34.4 Å². The molecule has 0 bridgehead atoms. The van der Waals surface area contributed by atoms with Crippen LogP contribution in [-0.2, 0) is 11.2 Å². The summed E-state index contributed by atoms with van der Waals surface area (Å²) >= 11 is 0. The highest BCUT2D eigenvalue weighted by molar-refractivity contribution is 5.84. The Morgan fingerprint density at radius 3 is 2.33 bits per heavy atom. The normalized spacial score (nSPS) is 12.1. The molecule has 3 aromatic heterocycles. The molecule has 0 aromatic carbocycles. The lowest BCUT2D eigenvalue weighted by Crippen LogP contribution is -2.10. The summed E-state index contributed by atoms with van der Waals surface area (Å²) in [6, 6.07) is 6.52. The van der Waals surface area contributed by atoms with E-state index < -0.39 is 0 Å². The Balaban J connectivity index is 0.00000155. The molecular weight excluding hydrogens is 374 g/mol. The van der Waals surface area contributed by atoms with Crippen molar-refractivity contribution in [3.63, 3.8) is 0 Å². The zero-order valence-electron chi connectivity index (χ0n) is 20.0. The second kappa shape index (κ2) is 10.6. The second-order valence-electron chi connectivity index (χ2n) is 7.71. The molecule has 0 aliphatic heterocycles. The fourth-order valence-corrected chi connectivity index (χ4v) is 3.66. The number of methoxy groups -OCH3 is 1. The number of aromatic nitrogens is 3. The molecule has 1 atom stereocenters. The van der Waals surface area contributed by atoms with E-state index in [1.54, 1.807) is 7.11 Å². The van der Waals surface area contributed by atoms with Crippen molar-refractivity contribution in [2.75, 3.05) is 13.7 Å². The van der Waals surface area contributed by atoms with Gasteiger partial charge >= 0.3 is 0 Å². The predicted molar refractivity (Wildman–Crippen MR) is 126 cm³/mol. The monoisotopic (exact) mass is 411 g/mol. The molecule has 0 amide bonds. The number of hydrogen-bond donors (Lipinski definition) is 0. The predicted octanol–water partition coefficient (Wildman–Crippen LogP) is 6.30. The third-order valence-electron chi connectivity index (χ3n) is 4.96. The number of nitrogens with zero attached hydrogens (tertiary/aromatic N) is 3. The van der Waals surface area contributed by atoms with E-state index in [-0.39, 0.29) is 12.1 Å². The van der Waals surface area contributed by atoms with Crippen LogP contribution in [0.3, 0.4) is 0 Å². The minimum Gasteiger partial charge on any atom is -0.475 e. The van der Waals surface area contributed by atoms with E-state index in [0.29, 0.717) is 12.5 Å². The van der Waals surface area contributed by atoms with Crippen molar-refractivity contribution in [3.05, 3.63) is 41.2 Å². The maximum Gasteiger partial charge on any atom is 0.213 e. The molecule has 5 nitrogen and oxygen atoms in total. The van der Waals surface area contributed by atoms with Crippen LogP contribution in [0.15, 0.2) is 24.4 Å². The van der Waals surface area contributed by atoms with Gasteiger partial charge < -0.3 is 14.0 Å². The van der Waals surface area contributed by atoms with Gasteiger partial charge in [0.2, 0.25) is 5.88 Å². The van der Waals surface area contributed by atoms with Gasteiger partial charge in [-0.25, -0.2) is 9.97 Å². The molecule has 0 N–H and O–H groups in total. The van der Waals surface area contributed by atoms with Crippen LogP contribution in [0.5, 0.6) is 5.88 Å². The number of pyridine rings is 2. The molecule has 0 aliphatic rings. The Morgan fingerprint density at radius 1 is 1.03 bits per heavy atom. The molecule has 164 valence electrons. The zero-order valence-corrected chi connectivity index (χ0v) is 20.0. The van der Waals surface area contributed by atoms with E-state index in [0.717, 1.165) is 40.0 Å². The molecule has 0 spiro atoms. The first-order chi connectivity index (χ1) is 14.3. The maximum atomic E-state index is 5.77. The lowest BCUT2D eigenvalue weighted by molar-refractivity contribution is 0.164. The lowest BCUT2D eigenvalue weighted by Gasteiger charge is -2.16. The third-order valence-corrected chi connectivity index (χ3v) is 4.96. The van der Waals surface area contributed by atoms with Gasteiger partial charge in [-0.3, -0.25) is 0 Å². The zero-order chi connectivity index (χ0) is 22.4. The summed E-state index contributed by atoms with van der Waals surface area (Å²) in [6.45, 7) is 17.2. The van der Waals surface area contributed by atoms with Crippen molar-refractivity contribution in [2.24, 2.45) is 0 Å². The highest BCUT2D eigenvalue weighted by Crippen LogP contribution is 2.32. The van der Waals surface area contributed by atoms with E-state index >= 15 is 0 Å². The van der Waals surface area contributed by atoms with Crippen LogP contribution in [0.25, 0.3) is 22.3 Å². The Morgan fingerprint density at radius 2 is 1.73 bits per heavy atom. The van der Waals surface area contributed by atoms with Gasteiger partial charge in [0.25, 0.3) is 0 Å². The molecule has 0 radical (unpaired) electrons. The van der Waals surface area contributed by atoms with Crippen molar-refractivity contribution in [1.29, 1.82) is 0 Å². The van der Waals surface area contributed by atoms with Gasteiger partial charge in [-0.15, -0.1) is 0 Å². The fourth-order valence-electron chi connectivity index (χ4n) is 3.66. The first-order valence-electron chi connectivity index (χ1n) is 11.0. The van der Waals surface area contributed by atoms with Gasteiger partial charge in [0.15, 0.2) is 0 Å². The fraction of sp³-hybridized carbons (Fsp3) is 0.520. The topological polar surface area (TPSA) is 49.2 Å². The lowest BCUT2D eigenvalue weighted by atomic mass is 10.0. The van der Waals surface area contributed by atoms with Gasteiger partial charge in [0, 0.05) is 24.9 Å². The van der Waals surface area contributed by atoms with Crippen LogP contribution in [0.2, 0.25) is 0 Å². The Bertz CT molecular complexity index is 976. The third kappa shape index (κ3) is 5.01. The van der Waals surface area contributed by atoms with Gasteiger partial charge in [-0.1, -0.05) is 20.8 Å². The van der Waals surface area contributed by atoms with E-state index in [2.05, 4.69) is 50.6 Å². The molecule has 30 heavy (non-hydrogen) atoms. The summed E-state index contributed by atoms with van der Waals surface area (Å²) in [5.74, 6) is 0.671. The Hall–Kier alpha value is -2.40. The molecule has 0 saturated heterocycles. The van der Waals surface area contributed by atoms with Crippen LogP contribution in [0.4, 0.5) is 0 Å². The van der Waals surface area contributed by atoms with Crippen molar-refractivity contribution in [2.45, 2.75) is 74.0 Å². The smallest absolute Gasteiger partial charge is 0.213 e. The second-order valence-corrected chi connectivity index (χ2v) is 7.71. The minimum atomic E-state index is 0.107. The van der Waals surface area contributed by atoms with Crippen LogP contribution >= 0.6 is 0 Å². The van der Waals surface area contributed by atoms with E-state index in [4.69, 9.17) is 19.4 Å². The van der Waals surface area contributed by atoms with Gasteiger partial charge in [0.05, 0.1) is 41.2 Å². The average Bonchev–Trinajstić information content (AvgIpc) is 3.04. The number of fused-ring (bicyclic) bond motifs is 1. The summed E-state index contributed by atoms with van der Waals surface area (Å²) < 4.78 is 13.4. The average molecular weight is 412 g/mol. The molecule has 3 heterocycles. The highest BCUT2D eigenvalue weighted by Gasteiger charge is 2.17. The summed E-state index contributed by atoms with van der Waals surface area (Å²) in [7, 11) is 1.74. The molecular formula is C25H37N3O2. The van der Waals surface area contributed by atoms with Crippen LogP contribution in [0, 0.1) is 13.8 Å².